The third-order valence-corrected chi connectivity index (χ3v) is 3.69. The van der Waals surface area contributed by atoms with Crippen molar-refractivity contribution < 1.29 is 4.79 Å². The Hall–Kier alpha value is -2.13. The quantitative estimate of drug-likeness (QED) is 0.886. The van der Waals surface area contributed by atoms with E-state index in [0.29, 0.717) is 6.54 Å². The van der Waals surface area contributed by atoms with Gasteiger partial charge in [-0.3, -0.25) is 4.79 Å². The van der Waals surface area contributed by atoms with Gasteiger partial charge in [0.1, 0.15) is 0 Å². The van der Waals surface area contributed by atoms with Gasteiger partial charge in [0.15, 0.2) is 0 Å². The number of aryl methyl sites for hydroxylation is 1. The van der Waals surface area contributed by atoms with E-state index in [1.54, 1.807) is 0 Å². The van der Waals surface area contributed by atoms with Gasteiger partial charge in [0, 0.05) is 6.54 Å². The molecule has 0 fully saturated rings. The van der Waals surface area contributed by atoms with Gasteiger partial charge >= 0.3 is 0 Å². The van der Waals surface area contributed by atoms with Crippen molar-refractivity contribution in [3.63, 3.8) is 0 Å². The van der Waals surface area contributed by atoms with E-state index >= 15 is 0 Å². The lowest BCUT2D eigenvalue weighted by Crippen LogP contribution is -2.35. The lowest BCUT2D eigenvalue weighted by Gasteiger charge is -2.20. The molecule has 2 atom stereocenters. The van der Waals surface area contributed by atoms with Gasteiger partial charge in [-0.2, -0.15) is 0 Å². The SMILES string of the molecule is Cc1ccc(C(C)NC(=O)C(CN)c2ccccc2)cc1. The summed E-state index contributed by atoms with van der Waals surface area (Å²) in [7, 11) is 0. The normalized spacial score (nSPS) is 13.5. The third-order valence-electron chi connectivity index (χ3n) is 3.69. The molecule has 3 nitrogen and oxygen atoms in total. The van der Waals surface area contributed by atoms with Crippen LogP contribution in [0.15, 0.2) is 54.6 Å². The van der Waals surface area contributed by atoms with Crippen molar-refractivity contribution in [2.75, 3.05) is 6.54 Å². The highest BCUT2D eigenvalue weighted by Gasteiger charge is 2.20. The Kier molecular flexibility index (Phi) is 5.12. The predicted octanol–water partition coefficient (Wildman–Crippen LogP) is 2.91. The lowest BCUT2D eigenvalue weighted by atomic mass is 9.97. The van der Waals surface area contributed by atoms with Gasteiger partial charge in [-0.1, -0.05) is 60.2 Å². The molecule has 0 heterocycles. The van der Waals surface area contributed by atoms with E-state index in [1.165, 1.54) is 5.56 Å². The molecule has 3 heteroatoms. The maximum absolute atomic E-state index is 12.4. The summed E-state index contributed by atoms with van der Waals surface area (Å²) in [5.41, 5.74) is 9.04. The summed E-state index contributed by atoms with van der Waals surface area (Å²) in [5.74, 6) is -0.337. The first-order chi connectivity index (χ1) is 10.1. The summed E-state index contributed by atoms with van der Waals surface area (Å²) in [6.07, 6.45) is 0. The minimum atomic E-state index is -0.306. The van der Waals surface area contributed by atoms with Crippen molar-refractivity contribution in [3.05, 3.63) is 71.3 Å². The second-order valence-corrected chi connectivity index (χ2v) is 5.34. The molecule has 110 valence electrons. The zero-order chi connectivity index (χ0) is 15.2. The summed E-state index contributed by atoms with van der Waals surface area (Å²) in [5, 5.41) is 3.05. The van der Waals surface area contributed by atoms with Gasteiger partial charge in [-0.15, -0.1) is 0 Å². The molecule has 0 radical (unpaired) electrons. The third kappa shape index (κ3) is 3.92. The van der Waals surface area contributed by atoms with Crippen molar-refractivity contribution >= 4 is 5.91 Å². The van der Waals surface area contributed by atoms with Gasteiger partial charge < -0.3 is 11.1 Å². The fourth-order valence-electron chi connectivity index (χ4n) is 2.33. The number of carbonyl (C=O) groups excluding carboxylic acids is 1. The molecule has 0 spiro atoms. The smallest absolute Gasteiger partial charge is 0.229 e. The van der Waals surface area contributed by atoms with E-state index in [2.05, 4.69) is 17.4 Å². The highest BCUT2D eigenvalue weighted by molar-refractivity contribution is 5.84. The number of nitrogens with one attached hydrogen (secondary N) is 1. The first kappa shape index (κ1) is 15.3. The molecule has 21 heavy (non-hydrogen) atoms. The molecule has 1 amide bonds. The first-order valence-corrected chi connectivity index (χ1v) is 7.23. The summed E-state index contributed by atoms with van der Waals surface area (Å²) in [6.45, 7) is 4.34. The molecule has 0 aromatic heterocycles. The summed E-state index contributed by atoms with van der Waals surface area (Å²) in [4.78, 5) is 12.4. The molecule has 0 saturated heterocycles. The van der Waals surface area contributed by atoms with Gasteiger partial charge in [0.25, 0.3) is 0 Å². The standard InChI is InChI=1S/C18H22N2O/c1-13-8-10-15(11-9-13)14(2)20-18(21)17(12-19)16-6-4-3-5-7-16/h3-11,14,17H,12,19H2,1-2H3,(H,20,21). The second kappa shape index (κ2) is 7.04. The number of benzene rings is 2. The monoisotopic (exact) mass is 282 g/mol. The fraction of sp³-hybridized carbons (Fsp3) is 0.278. The number of carbonyl (C=O) groups is 1. The number of nitrogens with two attached hydrogens (primary N) is 1. The molecule has 2 rings (SSSR count). The zero-order valence-corrected chi connectivity index (χ0v) is 12.5. The Morgan fingerprint density at radius 1 is 1.05 bits per heavy atom. The molecular formula is C18H22N2O. The van der Waals surface area contributed by atoms with Crippen molar-refractivity contribution in [1.29, 1.82) is 0 Å². The molecule has 0 bridgehead atoms. The summed E-state index contributed by atoms with van der Waals surface area (Å²) in [6, 6.07) is 17.8. The van der Waals surface area contributed by atoms with Crippen molar-refractivity contribution in [2.45, 2.75) is 25.8 Å². The van der Waals surface area contributed by atoms with Crippen LogP contribution >= 0.6 is 0 Å². The minimum absolute atomic E-state index is 0.0308. The predicted molar refractivity (Wildman–Crippen MR) is 86.0 cm³/mol. The van der Waals surface area contributed by atoms with Crippen LogP contribution in [0.3, 0.4) is 0 Å². The average Bonchev–Trinajstić information content (AvgIpc) is 2.49. The van der Waals surface area contributed by atoms with E-state index in [4.69, 9.17) is 5.73 Å². The molecule has 0 aliphatic rings. The molecule has 0 aliphatic heterocycles. The highest BCUT2D eigenvalue weighted by atomic mass is 16.1. The fourth-order valence-corrected chi connectivity index (χ4v) is 2.33. The second-order valence-electron chi connectivity index (χ2n) is 5.34. The van der Waals surface area contributed by atoms with Crippen LogP contribution in [0.1, 0.15) is 35.6 Å². The number of rotatable bonds is 5. The van der Waals surface area contributed by atoms with Crippen LogP contribution in [-0.2, 0) is 4.79 Å². The van der Waals surface area contributed by atoms with Gasteiger partial charge in [-0.25, -0.2) is 0 Å². The Balaban J connectivity index is 2.07. The van der Waals surface area contributed by atoms with Gasteiger partial charge in [0.05, 0.1) is 12.0 Å². The van der Waals surface area contributed by atoms with Gasteiger partial charge in [-0.05, 0) is 25.0 Å². The molecule has 0 saturated carbocycles. The van der Waals surface area contributed by atoms with Crippen molar-refractivity contribution in [3.8, 4) is 0 Å². The van der Waals surface area contributed by atoms with Crippen LogP contribution in [0.25, 0.3) is 0 Å². The highest BCUT2D eigenvalue weighted by Crippen LogP contribution is 2.18. The largest absolute Gasteiger partial charge is 0.349 e. The van der Waals surface area contributed by atoms with E-state index < -0.39 is 0 Å². The van der Waals surface area contributed by atoms with Crippen LogP contribution in [0.5, 0.6) is 0 Å². The number of hydrogen-bond donors (Lipinski definition) is 2. The number of amides is 1. The summed E-state index contributed by atoms with van der Waals surface area (Å²) < 4.78 is 0. The molecule has 2 unspecified atom stereocenters. The van der Waals surface area contributed by atoms with E-state index in [0.717, 1.165) is 11.1 Å². The van der Waals surface area contributed by atoms with Crippen LogP contribution in [-0.4, -0.2) is 12.5 Å². The van der Waals surface area contributed by atoms with Crippen LogP contribution in [0, 0.1) is 6.92 Å². The average molecular weight is 282 g/mol. The van der Waals surface area contributed by atoms with Crippen LogP contribution in [0.2, 0.25) is 0 Å². The van der Waals surface area contributed by atoms with E-state index in [-0.39, 0.29) is 17.9 Å². The topological polar surface area (TPSA) is 55.1 Å². The van der Waals surface area contributed by atoms with E-state index in [1.807, 2.05) is 56.3 Å². The summed E-state index contributed by atoms with van der Waals surface area (Å²) >= 11 is 0. The molecule has 2 aromatic carbocycles. The minimum Gasteiger partial charge on any atom is -0.349 e. The molecule has 3 N–H and O–H groups in total. The van der Waals surface area contributed by atoms with Crippen LogP contribution in [0.4, 0.5) is 0 Å². The lowest BCUT2D eigenvalue weighted by molar-refractivity contribution is -0.123. The molecule has 0 aliphatic carbocycles. The first-order valence-electron chi connectivity index (χ1n) is 7.23. The Labute approximate surface area is 126 Å². The molecule has 2 aromatic rings. The van der Waals surface area contributed by atoms with Gasteiger partial charge in [0.2, 0.25) is 5.91 Å². The molecular weight excluding hydrogens is 260 g/mol. The zero-order valence-electron chi connectivity index (χ0n) is 12.5. The van der Waals surface area contributed by atoms with Crippen molar-refractivity contribution in [1.82, 2.24) is 5.32 Å². The Bertz CT molecular complexity index is 578. The van der Waals surface area contributed by atoms with E-state index in [9.17, 15) is 4.79 Å². The number of hydrogen-bond acceptors (Lipinski definition) is 2. The Morgan fingerprint density at radius 3 is 2.24 bits per heavy atom. The van der Waals surface area contributed by atoms with Crippen molar-refractivity contribution in [2.24, 2.45) is 5.73 Å². The maximum Gasteiger partial charge on any atom is 0.229 e. The Morgan fingerprint density at radius 2 is 1.67 bits per heavy atom. The maximum atomic E-state index is 12.4. The van der Waals surface area contributed by atoms with Crippen LogP contribution < -0.4 is 11.1 Å².